The van der Waals surface area contributed by atoms with E-state index in [2.05, 4.69) is 9.97 Å². The van der Waals surface area contributed by atoms with Crippen molar-refractivity contribution in [2.45, 2.75) is 25.9 Å². The number of aromatic nitrogens is 2. The Bertz CT molecular complexity index is 436. The van der Waals surface area contributed by atoms with Gasteiger partial charge in [0.05, 0.1) is 0 Å². The lowest BCUT2D eigenvalue weighted by atomic mass is 10.1. The summed E-state index contributed by atoms with van der Waals surface area (Å²) in [6.45, 7) is 3.19. The predicted octanol–water partition coefficient (Wildman–Crippen LogP) is 1.99. The molecule has 0 fully saturated rings. The maximum atomic E-state index is 12.7. The average Bonchev–Trinajstić information content (AvgIpc) is 2.28. The van der Waals surface area contributed by atoms with Gasteiger partial charge >= 0.3 is 5.97 Å². The number of ether oxygens (including phenoxy) is 1. The number of methoxy groups -OCH3 is 1. The zero-order valence-electron chi connectivity index (χ0n) is 9.57. The number of carboxylic acids is 1. The van der Waals surface area contributed by atoms with E-state index in [4.69, 9.17) is 9.84 Å². The zero-order chi connectivity index (χ0) is 13.2. The second kappa shape index (κ2) is 4.70. The summed E-state index contributed by atoms with van der Waals surface area (Å²) in [5.41, 5.74) is -2.36. The van der Waals surface area contributed by atoms with Gasteiger partial charge in [-0.15, -0.1) is 0 Å². The van der Waals surface area contributed by atoms with Crippen LogP contribution in [0, 0.1) is 0 Å². The Balaban J connectivity index is 3.33. The fourth-order valence-corrected chi connectivity index (χ4v) is 1.11. The van der Waals surface area contributed by atoms with Crippen LogP contribution in [0.2, 0.25) is 0 Å². The molecule has 0 radical (unpaired) electrons. The van der Waals surface area contributed by atoms with Gasteiger partial charge in [-0.25, -0.2) is 23.5 Å². The molecule has 0 spiro atoms. The van der Waals surface area contributed by atoms with Crippen LogP contribution in [0.1, 0.15) is 42.1 Å². The van der Waals surface area contributed by atoms with Crippen LogP contribution in [0.5, 0.6) is 0 Å². The van der Waals surface area contributed by atoms with Crippen LogP contribution in [0.4, 0.5) is 8.78 Å². The third-order valence-corrected chi connectivity index (χ3v) is 2.30. The number of hydrogen-bond donors (Lipinski definition) is 1. The van der Waals surface area contributed by atoms with Crippen LogP contribution in [-0.2, 0) is 10.3 Å². The molecule has 1 aromatic heterocycles. The summed E-state index contributed by atoms with van der Waals surface area (Å²) in [5.74, 6) is -1.47. The van der Waals surface area contributed by atoms with Gasteiger partial charge in [0, 0.05) is 13.3 Å². The molecule has 0 aliphatic heterocycles. The molecule has 94 valence electrons. The molecule has 17 heavy (non-hydrogen) atoms. The Hall–Kier alpha value is -1.63. The summed E-state index contributed by atoms with van der Waals surface area (Å²) in [6.07, 6.45) is -2.11. The minimum Gasteiger partial charge on any atom is -0.478 e. The first kappa shape index (κ1) is 13.4. The van der Waals surface area contributed by atoms with E-state index in [0.29, 0.717) is 0 Å². The van der Waals surface area contributed by atoms with E-state index in [1.54, 1.807) is 13.8 Å². The predicted molar refractivity (Wildman–Crippen MR) is 54.0 cm³/mol. The smallest absolute Gasteiger partial charge is 0.339 e. The van der Waals surface area contributed by atoms with Crippen molar-refractivity contribution >= 4 is 5.97 Å². The standard InChI is InChI=1S/C10H12F2N2O3/c1-10(2,17-3)9-13-4-5(8(15)16)6(14-9)7(11)12/h4,7H,1-3H3,(H,15,16). The summed E-state index contributed by atoms with van der Waals surface area (Å²) < 4.78 is 30.4. The van der Waals surface area contributed by atoms with E-state index in [9.17, 15) is 13.6 Å². The van der Waals surface area contributed by atoms with Crippen molar-refractivity contribution < 1.29 is 23.4 Å². The fraction of sp³-hybridized carbons (Fsp3) is 0.500. The highest BCUT2D eigenvalue weighted by Gasteiger charge is 2.28. The van der Waals surface area contributed by atoms with Gasteiger partial charge in [-0.05, 0) is 13.8 Å². The third-order valence-electron chi connectivity index (χ3n) is 2.30. The van der Waals surface area contributed by atoms with Gasteiger partial charge in [-0.2, -0.15) is 0 Å². The molecule has 1 aromatic rings. The second-order valence-electron chi connectivity index (χ2n) is 3.81. The fourth-order valence-electron chi connectivity index (χ4n) is 1.11. The molecule has 0 aliphatic carbocycles. The minimum absolute atomic E-state index is 0.0142. The molecule has 1 N–H and O–H groups in total. The van der Waals surface area contributed by atoms with Crippen LogP contribution in [0.3, 0.4) is 0 Å². The van der Waals surface area contributed by atoms with E-state index in [-0.39, 0.29) is 5.82 Å². The lowest BCUT2D eigenvalue weighted by molar-refractivity contribution is 0.0104. The van der Waals surface area contributed by atoms with Gasteiger partial charge < -0.3 is 9.84 Å². The summed E-state index contributed by atoms with van der Waals surface area (Å²) in [7, 11) is 1.39. The Morgan fingerprint density at radius 2 is 2.12 bits per heavy atom. The van der Waals surface area contributed by atoms with Crippen molar-refractivity contribution in [3.05, 3.63) is 23.3 Å². The molecule has 0 saturated heterocycles. The third kappa shape index (κ3) is 2.73. The van der Waals surface area contributed by atoms with E-state index in [1.807, 2.05) is 0 Å². The molecule has 1 heterocycles. The zero-order valence-corrected chi connectivity index (χ0v) is 9.57. The lowest BCUT2D eigenvalue weighted by Gasteiger charge is -2.21. The van der Waals surface area contributed by atoms with E-state index in [0.717, 1.165) is 6.20 Å². The van der Waals surface area contributed by atoms with E-state index < -0.39 is 29.3 Å². The largest absolute Gasteiger partial charge is 0.478 e. The number of aromatic carboxylic acids is 1. The van der Waals surface area contributed by atoms with Crippen molar-refractivity contribution in [2.75, 3.05) is 7.11 Å². The maximum Gasteiger partial charge on any atom is 0.339 e. The van der Waals surface area contributed by atoms with Crippen LogP contribution < -0.4 is 0 Å². The number of alkyl halides is 2. The summed E-state index contributed by atoms with van der Waals surface area (Å²) in [4.78, 5) is 18.0. The molecule has 7 heteroatoms. The van der Waals surface area contributed by atoms with Crippen molar-refractivity contribution in [1.29, 1.82) is 0 Å². The SMILES string of the molecule is COC(C)(C)c1ncc(C(=O)O)c(C(F)F)n1. The number of hydrogen-bond acceptors (Lipinski definition) is 4. The quantitative estimate of drug-likeness (QED) is 0.879. The highest BCUT2D eigenvalue weighted by atomic mass is 19.3. The molecule has 0 atom stereocenters. The van der Waals surface area contributed by atoms with E-state index >= 15 is 0 Å². The molecule has 0 aromatic carbocycles. The second-order valence-corrected chi connectivity index (χ2v) is 3.81. The van der Waals surface area contributed by atoms with Crippen LogP contribution in [0.15, 0.2) is 6.20 Å². The topological polar surface area (TPSA) is 72.3 Å². The Morgan fingerprint density at radius 1 is 1.53 bits per heavy atom. The molecule has 0 saturated carbocycles. The normalized spacial score (nSPS) is 11.9. The molecule has 0 aliphatic rings. The van der Waals surface area contributed by atoms with Gasteiger partial charge in [0.25, 0.3) is 6.43 Å². The van der Waals surface area contributed by atoms with Gasteiger partial charge in [-0.1, -0.05) is 0 Å². The van der Waals surface area contributed by atoms with Gasteiger partial charge in [0.2, 0.25) is 0 Å². The molecule has 0 unspecified atom stereocenters. The Labute approximate surface area is 96.5 Å². The molecule has 5 nitrogen and oxygen atoms in total. The number of nitrogens with zero attached hydrogens (tertiary/aromatic N) is 2. The number of carbonyl (C=O) groups is 1. The Kier molecular flexibility index (Phi) is 3.72. The number of carboxylic acid groups (broad SMARTS) is 1. The van der Waals surface area contributed by atoms with Gasteiger partial charge in [0.1, 0.15) is 16.9 Å². The average molecular weight is 246 g/mol. The lowest BCUT2D eigenvalue weighted by Crippen LogP contribution is -2.24. The van der Waals surface area contributed by atoms with Crippen LogP contribution >= 0.6 is 0 Å². The van der Waals surface area contributed by atoms with Crippen molar-refractivity contribution in [2.24, 2.45) is 0 Å². The summed E-state index contributed by atoms with van der Waals surface area (Å²) >= 11 is 0. The highest BCUT2D eigenvalue weighted by molar-refractivity contribution is 5.88. The van der Waals surface area contributed by atoms with Crippen molar-refractivity contribution in [3.8, 4) is 0 Å². The molecule has 1 rings (SSSR count). The molecule has 0 amide bonds. The first-order chi connectivity index (χ1) is 7.79. The minimum atomic E-state index is -2.98. The van der Waals surface area contributed by atoms with E-state index in [1.165, 1.54) is 7.11 Å². The number of rotatable bonds is 4. The molecule has 0 bridgehead atoms. The molecular formula is C10H12F2N2O3. The number of halogens is 2. The van der Waals surface area contributed by atoms with Crippen molar-refractivity contribution in [3.63, 3.8) is 0 Å². The van der Waals surface area contributed by atoms with Crippen molar-refractivity contribution in [1.82, 2.24) is 9.97 Å². The maximum absolute atomic E-state index is 12.7. The molecular weight excluding hydrogens is 234 g/mol. The van der Waals surface area contributed by atoms with Gasteiger partial charge in [-0.3, -0.25) is 0 Å². The first-order valence-electron chi connectivity index (χ1n) is 4.73. The summed E-state index contributed by atoms with van der Waals surface area (Å²) in [5, 5.41) is 8.72. The highest BCUT2D eigenvalue weighted by Crippen LogP contribution is 2.25. The Morgan fingerprint density at radius 3 is 2.53 bits per heavy atom. The van der Waals surface area contributed by atoms with Gasteiger partial charge in [0.15, 0.2) is 5.82 Å². The first-order valence-corrected chi connectivity index (χ1v) is 4.73. The monoisotopic (exact) mass is 246 g/mol. The van der Waals surface area contributed by atoms with Crippen LogP contribution in [-0.4, -0.2) is 28.2 Å². The summed E-state index contributed by atoms with van der Waals surface area (Å²) in [6, 6.07) is 0. The van der Waals surface area contributed by atoms with Crippen LogP contribution in [0.25, 0.3) is 0 Å².